The summed E-state index contributed by atoms with van der Waals surface area (Å²) in [4.78, 5) is 0. The molecule has 1 N–H and O–H groups in total. The predicted octanol–water partition coefficient (Wildman–Crippen LogP) is 3.24. The fraction of sp³-hybridized carbons (Fsp3) is 0.538. The van der Waals surface area contributed by atoms with E-state index in [0.717, 1.165) is 12.3 Å². The van der Waals surface area contributed by atoms with Gasteiger partial charge in [-0.15, -0.1) is 0 Å². The maximum absolute atomic E-state index is 3.58. The molecule has 2 unspecified atom stereocenters. The number of aryl methyl sites for hydroxylation is 1. The molecule has 0 bridgehead atoms. The highest BCUT2D eigenvalue weighted by Gasteiger charge is 2.20. The number of nitrogens with one attached hydrogen (secondary N) is 1. The number of rotatable bonds is 1. The molecule has 0 aromatic heterocycles. The van der Waals surface area contributed by atoms with Crippen LogP contribution >= 0.6 is 0 Å². The Bertz CT molecular complexity index is 330. The smallest absolute Gasteiger partial charge is 0.0377 e. The van der Waals surface area contributed by atoms with E-state index in [1.165, 1.54) is 23.2 Å². The normalized spacial score (nSPS) is 25.4. The summed E-state index contributed by atoms with van der Waals surface area (Å²) in [5.74, 6) is 0.745. The topological polar surface area (TPSA) is 12.0 Å². The molecule has 0 saturated heterocycles. The molecule has 1 aliphatic rings. The van der Waals surface area contributed by atoms with Crippen molar-refractivity contribution in [2.24, 2.45) is 5.92 Å². The van der Waals surface area contributed by atoms with E-state index >= 15 is 0 Å². The summed E-state index contributed by atoms with van der Waals surface area (Å²) in [6.45, 7) is 6.79. The zero-order chi connectivity index (χ0) is 10.1. The van der Waals surface area contributed by atoms with Gasteiger partial charge in [0.25, 0.3) is 0 Å². The lowest BCUT2D eigenvalue weighted by molar-refractivity contribution is 0.491. The third-order valence-corrected chi connectivity index (χ3v) is 3.36. The van der Waals surface area contributed by atoms with Crippen LogP contribution in [0.3, 0.4) is 0 Å². The highest BCUT2D eigenvalue weighted by molar-refractivity contribution is 5.56. The van der Waals surface area contributed by atoms with Crippen LogP contribution in [0.5, 0.6) is 0 Å². The van der Waals surface area contributed by atoms with Crippen molar-refractivity contribution >= 4 is 5.69 Å². The molecule has 0 fully saturated rings. The monoisotopic (exact) mass is 189 g/mol. The third-order valence-electron chi connectivity index (χ3n) is 3.36. The van der Waals surface area contributed by atoms with E-state index in [1.807, 2.05) is 0 Å². The van der Waals surface area contributed by atoms with Crippen molar-refractivity contribution in [1.29, 1.82) is 0 Å². The molecule has 1 heterocycles. The average Bonchev–Trinajstić information content (AvgIpc) is 2.19. The van der Waals surface area contributed by atoms with Gasteiger partial charge in [-0.3, -0.25) is 0 Å². The van der Waals surface area contributed by atoms with Crippen molar-refractivity contribution in [3.8, 4) is 0 Å². The number of hydrogen-bond acceptors (Lipinski definition) is 1. The van der Waals surface area contributed by atoms with Crippen LogP contribution < -0.4 is 5.32 Å². The highest BCUT2D eigenvalue weighted by Crippen LogP contribution is 2.29. The fourth-order valence-electron chi connectivity index (χ4n) is 2.07. The molecule has 0 spiro atoms. The van der Waals surface area contributed by atoms with Gasteiger partial charge in [0.2, 0.25) is 0 Å². The quantitative estimate of drug-likeness (QED) is 0.715. The first-order valence-electron chi connectivity index (χ1n) is 5.59. The first kappa shape index (κ1) is 9.57. The molecule has 2 atom stereocenters. The lowest BCUT2D eigenvalue weighted by atomic mass is 9.89. The van der Waals surface area contributed by atoms with E-state index in [2.05, 4.69) is 44.3 Å². The van der Waals surface area contributed by atoms with Gasteiger partial charge in [-0.1, -0.05) is 26.0 Å². The van der Waals surface area contributed by atoms with E-state index in [1.54, 1.807) is 0 Å². The SMILES string of the molecule is CCc1ccc2c(c1)NC(C)C(C)C2. The van der Waals surface area contributed by atoms with Gasteiger partial charge >= 0.3 is 0 Å². The van der Waals surface area contributed by atoms with E-state index in [4.69, 9.17) is 0 Å². The van der Waals surface area contributed by atoms with Gasteiger partial charge in [-0.25, -0.2) is 0 Å². The van der Waals surface area contributed by atoms with Crippen molar-refractivity contribution < 1.29 is 0 Å². The summed E-state index contributed by atoms with van der Waals surface area (Å²) >= 11 is 0. The molecule has 0 radical (unpaired) electrons. The van der Waals surface area contributed by atoms with Crippen molar-refractivity contribution in [1.82, 2.24) is 0 Å². The standard InChI is InChI=1S/C13H19N/c1-4-11-5-6-12-7-9(2)10(3)14-13(12)8-11/h5-6,8-10,14H,4,7H2,1-3H3. The number of benzene rings is 1. The summed E-state index contributed by atoms with van der Waals surface area (Å²) in [6.07, 6.45) is 2.34. The molecule has 1 aromatic rings. The van der Waals surface area contributed by atoms with Crippen LogP contribution in [-0.2, 0) is 12.8 Å². The Labute approximate surface area is 86.5 Å². The molecule has 0 amide bonds. The molecular weight excluding hydrogens is 170 g/mol. The first-order valence-corrected chi connectivity index (χ1v) is 5.59. The van der Waals surface area contributed by atoms with Crippen molar-refractivity contribution in [2.75, 3.05) is 5.32 Å². The third kappa shape index (κ3) is 1.63. The maximum atomic E-state index is 3.58. The van der Waals surface area contributed by atoms with E-state index in [9.17, 15) is 0 Å². The van der Waals surface area contributed by atoms with E-state index in [-0.39, 0.29) is 0 Å². The number of anilines is 1. The Kier molecular flexibility index (Phi) is 2.49. The molecule has 14 heavy (non-hydrogen) atoms. The van der Waals surface area contributed by atoms with E-state index < -0.39 is 0 Å². The number of fused-ring (bicyclic) bond motifs is 1. The minimum atomic E-state index is 0.606. The van der Waals surface area contributed by atoms with E-state index in [0.29, 0.717) is 6.04 Å². The maximum Gasteiger partial charge on any atom is 0.0377 e. The van der Waals surface area contributed by atoms with Crippen molar-refractivity contribution in [2.45, 2.75) is 39.7 Å². The minimum absolute atomic E-state index is 0.606. The molecule has 1 heteroatoms. The number of hydrogen-bond donors (Lipinski definition) is 1. The molecule has 1 aromatic carbocycles. The van der Waals surface area contributed by atoms with Crippen LogP contribution in [0.15, 0.2) is 18.2 Å². The van der Waals surface area contributed by atoms with Crippen LogP contribution in [-0.4, -0.2) is 6.04 Å². The van der Waals surface area contributed by atoms with Gasteiger partial charge < -0.3 is 5.32 Å². The zero-order valence-electron chi connectivity index (χ0n) is 9.30. The van der Waals surface area contributed by atoms with Gasteiger partial charge in [-0.2, -0.15) is 0 Å². The van der Waals surface area contributed by atoms with Crippen molar-refractivity contribution in [3.05, 3.63) is 29.3 Å². The lowest BCUT2D eigenvalue weighted by Gasteiger charge is -2.30. The van der Waals surface area contributed by atoms with Crippen molar-refractivity contribution in [3.63, 3.8) is 0 Å². The largest absolute Gasteiger partial charge is 0.382 e. The molecule has 1 nitrogen and oxygen atoms in total. The molecule has 0 saturated carbocycles. The van der Waals surface area contributed by atoms with Crippen LogP contribution in [0.1, 0.15) is 31.9 Å². The molecule has 2 rings (SSSR count). The minimum Gasteiger partial charge on any atom is -0.382 e. The Balaban J connectivity index is 2.33. The second-order valence-electron chi connectivity index (χ2n) is 4.46. The average molecular weight is 189 g/mol. The second-order valence-corrected chi connectivity index (χ2v) is 4.46. The summed E-state index contributed by atoms with van der Waals surface area (Å²) in [7, 11) is 0. The molecule has 76 valence electrons. The summed E-state index contributed by atoms with van der Waals surface area (Å²) in [5.41, 5.74) is 4.26. The van der Waals surface area contributed by atoms with Gasteiger partial charge in [0.05, 0.1) is 0 Å². The lowest BCUT2D eigenvalue weighted by Crippen LogP contribution is -2.30. The van der Waals surface area contributed by atoms with Crippen LogP contribution in [0.2, 0.25) is 0 Å². The Morgan fingerprint density at radius 3 is 2.86 bits per heavy atom. The fourth-order valence-corrected chi connectivity index (χ4v) is 2.07. The summed E-state index contributed by atoms with van der Waals surface area (Å²) in [6, 6.07) is 7.44. The highest BCUT2D eigenvalue weighted by atomic mass is 14.9. The molecule has 0 aliphatic carbocycles. The predicted molar refractivity (Wildman–Crippen MR) is 61.8 cm³/mol. The van der Waals surface area contributed by atoms with Crippen LogP contribution in [0.4, 0.5) is 5.69 Å². The van der Waals surface area contributed by atoms with Crippen LogP contribution in [0, 0.1) is 5.92 Å². The van der Waals surface area contributed by atoms with Crippen LogP contribution in [0.25, 0.3) is 0 Å². The zero-order valence-corrected chi connectivity index (χ0v) is 9.30. The summed E-state index contributed by atoms with van der Waals surface area (Å²) in [5, 5.41) is 3.58. The van der Waals surface area contributed by atoms with Gasteiger partial charge in [0, 0.05) is 11.7 Å². The first-order chi connectivity index (χ1) is 6.70. The summed E-state index contributed by atoms with van der Waals surface area (Å²) < 4.78 is 0. The molecular formula is C13H19N. The Morgan fingerprint density at radius 1 is 1.36 bits per heavy atom. The Morgan fingerprint density at radius 2 is 2.14 bits per heavy atom. The van der Waals surface area contributed by atoms with Gasteiger partial charge in [0.15, 0.2) is 0 Å². The van der Waals surface area contributed by atoms with Gasteiger partial charge in [0.1, 0.15) is 0 Å². The van der Waals surface area contributed by atoms with Gasteiger partial charge in [-0.05, 0) is 42.9 Å². The molecule has 1 aliphatic heterocycles. The second kappa shape index (κ2) is 3.64. The Hall–Kier alpha value is -0.980.